The van der Waals surface area contributed by atoms with E-state index in [2.05, 4.69) is 15.2 Å². The molecule has 0 bridgehead atoms. The molecule has 2 rings (SSSR count). The van der Waals surface area contributed by atoms with Crippen LogP contribution in [0.4, 0.5) is 0 Å². The van der Waals surface area contributed by atoms with Crippen LogP contribution in [0.25, 0.3) is 0 Å². The summed E-state index contributed by atoms with van der Waals surface area (Å²) >= 11 is 0. The number of carbonyl (C=O) groups excluding carboxylic acids is 4. The van der Waals surface area contributed by atoms with Crippen molar-refractivity contribution in [3.05, 3.63) is 29.8 Å². The van der Waals surface area contributed by atoms with Crippen molar-refractivity contribution >= 4 is 31.5 Å². The first-order valence-electron chi connectivity index (χ1n) is 19.4. The molecule has 0 radical (unpaired) electrons. The molecule has 0 aliphatic carbocycles. The topological polar surface area (TPSA) is 187 Å². The minimum Gasteiger partial charge on any atom is -0.404 e. The molecule has 314 valence electrons. The smallest absolute Gasteiger partial charge is 0.404 e. The molecule has 1 aromatic carbocycles. The van der Waals surface area contributed by atoms with E-state index in [0.717, 1.165) is 18.4 Å². The van der Waals surface area contributed by atoms with Crippen LogP contribution in [0.3, 0.4) is 0 Å². The van der Waals surface area contributed by atoms with Crippen molar-refractivity contribution in [1.82, 2.24) is 25.3 Å². The molecule has 15 nitrogen and oxygen atoms in total. The number of hydrogen-bond donors (Lipinski definition) is 4. The molecule has 1 aliphatic rings. The average molecular weight is 798 g/mol. The molecule has 1 aliphatic heterocycles. The summed E-state index contributed by atoms with van der Waals surface area (Å²) in [4.78, 5) is 78.3. The van der Waals surface area contributed by atoms with Crippen LogP contribution in [0.5, 0.6) is 5.75 Å². The van der Waals surface area contributed by atoms with Gasteiger partial charge in [0.1, 0.15) is 11.8 Å². The molecule has 16 heteroatoms. The Morgan fingerprint density at radius 1 is 0.945 bits per heavy atom. The number of hydrogen-bond acceptors (Lipinski definition) is 9. The first-order valence-corrected chi connectivity index (χ1v) is 20.9. The lowest BCUT2D eigenvalue weighted by Gasteiger charge is -2.41. The summed E-state index contributed by atoms with van der Waals surface area (Å²) in [6, 6.07) is 4.27. The van der Waals surface area contributed by atoms with Crippen LogP contribution in [-0.4, -0.2) is 133 Å². The van der Waals surface area contributed by atoms with Crippen LogP contribution < -0.4 is 15.2 Å². The van der Waals surface area contributed by atoms with Crippen molar-refractivity contribution in [2.45, 2.75) is 117 Å². The van der Waals surface area contributed by atoms with Gasteiger partial charge in [-0.15, -0.1) is 0 Å². The summed E-state index contributed by atoms with van der Waals surface area (Å²) in [6.45, 7) is 14.4. The largest absolute Gasteiger partial charge is 0.524 e. The highest BCUT2D eigenvalue weighted by molar-refractivity contribution is 7.46. The van der Waals surface area contributed by atoms with Gasteiger partial charge in [0.25, 0.3) is 0 Å². The lowest BCUT2D eigenvalue weighted by molar-refractivity contribution is -0.148. The van der Waals surface area contributed by atoms with Crippen LogP contribution in [0.1, 0.15) is 79.7 Å². The fraction of sp³-hybridized carbons (Fsp3) is 0.744. The van der Waals surface area contributed by atoms with Crippen molar-refractivity contribution in [2.75, 3.05) is 48.5 Å². The van der Waals surface area contributed by atoms with Crippen LogP contribution in [0.2, 0.25) is 0 Å². The van der Waals surface area contributed by atoms with Gasteiger partial charge in [0, 0.05) is 34.4 Å². The highest BCUT2D eigenvalue weighted by Gasteiger charge is 2.43. The zero-order valence-electron chi connectivity index (χ0n) is 35.0. The van der Waals surface area contributed by atoms with E-state index >= 15 is 0 Å². The number of methoxy groups -OCH3 is 2. The standard InChI is InChI=1S/C39H68N5O10P/c1-13-26(6)35(43(10)39(48)33(24(2)3)41-38(47)34(25(4)5)42(8)9)31(52-11)23-32(45)44-22-14-15-30(44)36(53-12)27(7)37(46)40-21-20-28-16-18-29(19-17-28)54-55(49,50)51/h16-19,24-27,30-31,33-36H,13-15,20-23H2,1-12H3,(H,40,46)(H,41,47)(H2,49,50,51)/t26-,27+,30-,31+,33-,34-,35-,36+/m0/s1. The SMILES string of the molecule is CC[C@H](C)[C@@H]([C@@H](CC(=O)N1CCC[C@H]1[C@H](OC)[C@@H](C)C(=O)NCCc1ccc(OP(=O)(O)O)cc1)OC)N(C)C(=O)[C@@H](NC(=O)[C@H](C(C)C)N(C)C)C(C)C. The number of likely N-dealkylation sites (tertiary alicyclic amines) is 1. The average Bonchev–Trinajstić information content (AvgIpc) is 3.59. The quantitative estimate of drug-likeness (QED) is 0.126. The van der Waals surface area contributed by atoms with Crippen LogP contribution >= 0.6 is 7.82 Å². The molecule has 1 aromatic rings. The highest BCUT2D eigenvalue weighted by atomic mass is 31.2. The van der Waals surface area contributed by atoms with E-state index < -0.39 is 44.1 Å². The Morgan fingerprint density at radius 3 is 2.05 bits per heavy atom. The Kier molecular flexibility index (Phi) is 19.3. The van der Waals surface area contributed by atoms with Crippen molar-refractivity contribution in [1.29, 1.82) is 0 Å². The van der Waals surface area contributed by atoms with Gasteiger partial charge in [0.2, 0.25) is 23.6 Å². The minimum absolute atomic E-state index is 0.0172. The van der Waals surface area contributed by atoms with Gasteiger partial charge in [-0.3, -0.25) is 33.9 Å². The first kappa shape index (κ1) is 48.1. The van der Waals surface area contributed by atoms with Crippen molar-refractivity contribution in [3.8, 4) is 5.75 Å². The van der Waals surface area contributed by atoms with E-state index in [1.165, 1.54) is 12.1 Å². The second-order valence-electron chi connectivity index (χ2n) is 15.7. The van der Waals surface area contributed by atoms with E-state index in [4.69, 9.17) is 19.3 Å². The number of carbonyl (C=O) groups is 4. The van der Waals surface area contributed by atoms with Gasteiger partial charge in [-0.25, -0.2) is 4.57 Å². The Balaban J connectivity index is 2.17. The lowest BCUT2D eigenvalue weighted by atomic mass is 9.89. The number of phosphoric acid groups is 1. The normalized spacial score (nSPS) is 18.7. The van der Waals surface area contributed by atoms with E-state index in [9.17, 15) is 23.7 Å². The fourth-order valence-electron chi connectivity index (χ4n) is 7.76. The summed E-state index contributed by atoms with van der Waals surface area (Å²) in [5.41, 5.74) is 0.839. The number of rotatable bonds is 22. The number of phosphoric ester groups is 1. The summed E-state index contributed by atoms with van der Waals surface area (Å²) < 4.78 is 27.6. The molecular weight excluding hydrogens is 729 g/mol. The van der Waals surface area contributed by atoms with Gasteiger partial charge in [-0.2, -0.15) is 0 Å². The van der Waals surface area contributed by atoms with E-state index in [-0.39, 0.29) is 59.6 Å². The second kappa shape index (κ2) is 22.0. The van der Waals surface area contributed by atoms with Gasteiger partial charge in [0.05, 0.1) is 42.7 Å². The van der Waals surface area contributed by atoms with Crippen LogP contribution in [0.15, 0.2) is 24.3 Å². The molecule has 8 atom stereocenters. The van der Waals surface area contributed by atoms with E-state index in [0.29, 0.717) is 25.9 Å². The number of benzene rings is 1. The third-order valence-electron chi connectivity index (χ3n) is 10.8. The number of ether oxygens (including phenoxy) is 2. The van der Waals surface area contributed by atoms with Gasteiger partial charge >= 0.3 is 7.82 Å². The molecule has 4 amide bonds. The molecular formula is C39H68N5O10P. The molecule has 1 saturated heterocycles. The molecule has 55 heavy (non-hydrogen) atoms. The Labute approximate surface area is 328 Å². The maximum absolute atomic E-state index is 14.2. The molecule has 0 unspecified atom stereocenters. The molecule has 0 aromatic heterocycles. The highest BCUT2D eigenvalue weighted by Crippen LogP contribution is 2.37. The monoisotopic (exact) mass is 797 g/mol. The zero-order chi connectivity index (χ0) is 41.8. The molecule has 1 fully saturated rings. The predicted octanol–water partition coefficient (Wildman–Crippen LogP) is 3.46. The van der Waals surface area contributed by atoms with Gasteiger partial charge < -0.3 is 34.4 Å². The number of likely N-dealkylation sites (N-methyl/N-ethyl adjacent to an activating group) is 2. The molecule has 0 spiro atoms. The fourth-order valence-corrected chi connectivity index (χ4v) is 8.15. The minimum atomic E-state index is -4.65. The number of amides is 4. The van der Waals surface area contributed by atoms with Crippen molar-refractivity contribution < 1.29 is 47.5 Å². The van der Waals surface area contributed by atoms with E-state index in [1.54, 1.807) is 50.1 Å². The number of nitrogens with one attached hydrogen (secondary N) is 2. The first-order chi connectivity index (χ1) is 25.7. The molecule has 1 heterocycles. The van der Waals surface area contributed by atoms with Crippen molar-refractivity contribution in [3.63, 3.8) is 0 Å². The maximum Gasteiger partial charge on any atom is 0.524 e. The molecule has 4 N–H and O–H groups in total. The van der Waals surface area contributed by atoms with Gasteiger partial charge in [-0.05, 0) is 68.8 Å². The maximum atomic E-state index is 14.2. The molecule has 0 saturated carbocycles. The van der Waals surface area contributed by atoms with Crippen molar-refractivity contribution in [2.24, 2.45) is 23.7 Å². The third-order valence-corrected chi connectivity index (χ3v) is 11.3. The Morgan fingerprint density at radius 2 is 1.56 bits per heavy atom. The summed E-state index contributed by atoms with van der Waals surface area (Å²) in [5, 5.41) is 5.97. The Hall–Kier alpha value is -3.07. The van der Waals surface area contributed by atoms with Crippen LogP contribution in [-0.2, 0) is 39.6 Å². The summed E-state index contributed by atoms with van der Waals surface area (Å²) in [6.07, 6.45) is 1.43. The third kappa shape index (κ3) is 13.8. The zero-order valence-corrected chi connectivity index (χ0v) is 35.9. The van der Waals surface area contributed by atoms with Gasteiger partial charge in [0.15, 0.2) is 0 Å². The predicted molar refractivity (Wildman–Crippen MR) is 211 cm³/mol. The van der Waals surface area contributed by atoms with Gasteiger partial charge in [-0.1, -0.05) is 67.0 Å². The van der Waals surface area contributed by atoms with E-state index in [1.807, 2.05) is 60.5 Å². The number of nitrogens with zero attached hydrogens (tertiary/aromatic N) is 3. The van der Waals surface area contributed by atoms with Crippen LogP contribution in [0, 0.1) is 23.7 Å². The summed E-state index contributed by atoms with van der Waals surface area (Å²) in [7, 11) is 3.86. The Bertz CT molecular complexity index is 1430. The second-order valence-corrected chi connectivity index (χ2v) is 16.9. The lowest BCUT2D eigenvalue weighted by Crippen LogP contribution is -2.59. The summed E-state index contributed by atoms with van der Waals surface area (Å²) in [5.74, 6) is -1.54.